The highest BCUT2D eigenvalue weighted by molar-refractivity contribution is 14.1. The van der Waals surface area contributed by atoms with Crippen LogP contribution in [0.5, 0.6) is 11.5 Å². The molecular weight excluding hydrogens is 349 g/mol. The standard InChI is InChI=1S/C13H11ClINO/c1-8-5-12(16)11(14)7-13(8)17-10-4-2-3-9(15)6-10/h2-7H,16H2,1H3. The molecule has 0 unspecified atom stereocenters. The van der Waals surface area contributed by atoms with E-state index in [2.05, 4.69) is 22.6 Å². The predicted molar refractivity (Wildman–Crippen MR) is 79.8 cm³/mol. The first-order chi connectivity index (χ1) is 8.06. The molecule has 0 aromatic heterocycles. The summed E-state index contributed by atoms with van der Waals surface area (Å²) in [6.07, 6.45) is 0. The number of hydrogen-bond acceptors (Lipinski definition) is 2. The topological polar surface area (TPSA) is 35.2 Å². The quantitative estimate of drug-likeness (QED) is 0.627. The lowest BCUT2D eigenvalue weighted by molar-refractivity contribution is 0.478. The molecular formula is C13H11ClINO. The molecule has 0 spiro atoms. The molecule has 2 rings (SSSR count). The van der Waals surface area contributed by atoms with Crippen LogP contribution in [-0.4, -0.2) is 0 Å². The third-order valence-electron chi connectivity index (χ3n) is 2.32. The van der Waals surface area contributed by atoms with E-state index < -0.39 is 0 Å². The maximum Gasteiger partial charge on any atom is 0.131 e. The van der Waals surface area contributed by atoms with E-state index in [4.69, 9.17) is 22.1 Å². The second-order valence-corrected chi connectivity index (χ2v) is 5.35. The minimum atomic E-state index is 0.510. The number of anilines is 1. The van der Waals surface area contributed by atoms with E-state index in [0.29, 0.717) is 10.7 Å². The van der Waals surface area contributed by atoms with Crippen molar-refractivity contribution >= 4 is 39.9 Å². The Balaban J connectivity index is 2.33. The van der Waals surface area contributed by atoms with Crippen molar-refractivity contribution < 1.29 is 4.74 Å². The molecule has 0 radical (unpaired) electrons. The van der Waals surface area contributed by atoms with E-state index in [1.165, 1.54) is 0 Å². The van der Waals surface area contributed by atoms with Crippen LogP contribution >= 0.6 is 34.2 Å². The van der Waals surface area contributed by atoms with Gasteiger partial charge in [-0.2, -0.15) is 0 Å². The molecule has 0 aliphatic heterocycles. The highest BCUT2D eigenvalue weighted by atomic mass is 127. The fourth-order valence-corrected chi connectivity index (χ4v) is 2.12. The molecule has 0 amide bonds. The van der Waals surface area contributed by atoms with Crippen LogP contribution in [0.15, 0.2) is 36.4 Å². The van der Waals surface area contributed by atoms with Gasteiger partial charge in [-0.25, -0.2) is 0 Å². The van der Waals surface area contributed by atoms with Crippen LogP contribution in [0.3, 0.4) is 0 Å². The van der Waals surface area contributed by atoms with Crippen LogP contribution in [0.25, 0.3) is 0 Å². The van der Waals surface area contributed by atoms with Crippen molar-refractivity contribution in [1.82, 2.24) is 0 Å². The largest absolute Gasteiger partial charge is 0.457 e. The second kappa shape index (κ2) is 5.14. The number of benzene rings is 2. The van der Waals surface area contributed by atoms with Crippen LogP contribution in [0.1, 0.15) is 5.56 Å². The highest BCUT2D eigenvalue weighted by Gasteiger charge is 2.06. The summed E-state index contributed by atoms with van der Waals surface area (Å²) < 4.78 is 6.91. The summed E-state index contributed by atoms with van der Waals surface area (Å²) in [4.78, 5) is 0. The Hall–Kier alpha value is -0.940. The molecule has 2 aromatic carbocycles. The van der Waals surface area contributed by atoms with Crippen molar-refractivity contribution in [2.45, 2.75) is 6.92 Å². The van der Waals surface area contributed by atoms with Gasteiger partial charge in [0, 0.05) is 9.64 Å². The smallest absolute Gasteiger partial charge is 0.131 e. The molecule has 0 bridgehead atoms. The molecule has 88 valence electrons. The fourth-order valence-electron chi connectivity index (χ4n) is 1.45. The number of rotatable bonds is 2. The molecule has 2 aromatic rings. The van der Waals surface area contributed by atoms with Gasteiger partial charge < -0.3 is 10.5 Å². The molecule has 0 saturated carbocycles. The van der Waals surface area contributed by atoms with Crippen molar-refractivity contribution in [2.24, 2.45) is 0 Å². The van der Waals surface area contributed by atoms with E-state index in [1.807, 2.05) is 37.3 Å². The third kappa shape index (κ3) is 3.04. The number of ether oxygens (including phenoxy) is 1. The molecule has 0 heterocycles. The van der Waals surface area contributed by atoms with Gasteiger partial charge in [0.1, 0.15) is 11.5 Å². The number of hydrogen-bond donors (Lipinski definition) is 1. The monoisotopic (exact) mass is 359 g/mol. The summed E-state index contributed by atoms with van der Waals surface area (Å²) in [6.45, 7) is 1.94. The highest BCUT2D eigenvalue weighted by Crippen LogP contribution is 2.32. The Morgan fingerprint density at radius 3 is 2.71 bits per heavy atom. The molecule has 0 fully saturated rings. The lowest BCUT2D eigenvalue weighted by Gasteiger charge is -2.10. The lowest BCUT2D eigenvalue weighted by atomic mass is 10.2. The van der Waals surface area contributed by atoms with Crippen LogP contribution in [-0.2, 0) is 0 Å². The summed E-state index contributed by atoms with van der Waals surface area (Å²) in [5.74, 6) is 1.52. The Bertz CT molecular complexity index is 557. The van der Waals surface area contributed by atoms with Crippen molar-refractivity contribution in [3.05, 3.63) is 50.6 Å². The Morgan fingerprint density at radius 1 is 1.24 bits per heavy atom. The summed E-state index contributed by atoms with van der Waals surface area (Å²) in [5, 5.41) is 0.510. The van der Waals surface area contributed by atoms with Crippen molar-refractivity contribution in [3.63, 3.8) is 0 Å². The maximum absolute atomic E-state index is 5.98. The zero-order chi connectivity index (χ0) is 12.4. The minimum absolute atomic E-state index is 0.510. The molecule has 0 saturated heterocycles. The van der Waals surface area contributed by atoms with E-state index in [-0.39, 0.29) is 0 Å². The first-order valence-electron chi connectivity index (χ1n) is 5.05. The number of nitrogen functional groups attached to an aromatic ring is 1. The lowest BCUT2D eigenvalue weighted by Crippen LogP contribution is -1.92. The van der Waals surface area contributed by atoms with Crippen molar-refractivity contribution in [3.8, 4) is 11.5 Å². The fraction of sp³-hybridized carbons (Fsp3) is 0.0769. The van der Waals surface area contributed by atoms with E-state index in [1.54, 1.807) is 6.07 Å². The predicted octanol–water partition coefficient (Wildman–Crippen LogP) is 4.63. The van der Waals surface area contributed by atoms with E-state index in [0.717, 1.165) is 20.6 Å². The van der Waals surface area contributed by atoms with Crippen molar-refractivity contribution in [2.75, 3.05) is 5.73 Å². The number of nitrogens with two attached hydrogens (primary N) is 1. The summed E-state index contributed by atoms with van der Waals surface area (Å²) in [7, 11) is 0. The second-order valence-electron chi connectivity index (χ2n) is 3.70. The number of halogens is 2. The minimum Gasteiger partial charge on any atom is -0.457 e. The zero-order valence-corrected chi connectivity index (χ0v) is 12.1. The van der Waals surface area contributed by atoms with Gasteiger partial charge in [0.2, 0.25) is 0 Å². The Morgan fingerprint density at radius 2 is 2.00 bits per heavy atom. The van der Waals surface area contributed by atoms with Crippen molar-refractivity contribution in [1.29, 1.82) is 0 Å². The molecule has 17 heavy (non-hydrogen) atoms. The van der Waals surface area contributed by atoms with E-state index in [9.17, 15) is 0 Å². The van der Waals surface area contributed by atoms with Gasteiger partial charge in [0.15, 0.2) is 0 Å². The van der Waals surface area contributed by atoms with Gasteiger partial charge in [-0.3, -0.25) is 0 Å². The van der Waals surface area contributed by atoms with Crippen LogP contribution in [0.4, 0.5) is 5.69 Å². The van der Waals surface area contributed by atoms with Crippen LogP contribution in [0.2, 0.25) is 5.02 Å². The summed E-state index contributed by atoms with van der Waals surface area (Å²) in [6, 6.07) is 11.4. The summed E-state index contributed by atoms with van der Waals surface area (Å²) >= 11 is 8.22. The Labute approximate surface area is 119 Å². The third-order valence-corrected chi connectivity index (χ3v) is 3.32. The molecule has 2 N–H and O–H groups in total. The molecule has 2 nitrogen and oxygen atoms in total. The van der Waals surface area contributed by atoms with Gasteiger partial charge in [-0.1, -0.05) is 17.7 Å². The van der Waals surface area contributed by atoms with Gasteiger partial charge in [-0.15, -0.1) is 0 Å². The normalized spacial score (nSPS) is 10.3. The first-order valence-corrected chi connectivity index (χ1v) is 6.51. The van der Waals surface area contributed by atoms with Gasteiger partial charge in [-0.05, 0) is 59.3 Å². The summed E-state index contributed by atoms with van der Waals surface area (Å²) in [5.41, 5.74) is 7.25. The average Bonchev–Trinajstić information content (AvgIpc) is 2.26. The molecule has 0 atom stereocenters. The molecule has 0 aliphatic carbocycles. The number of aryl methyl sites for hydroxylation is 1. The van der Waals surface area contributed by atoms with E-state index >= 15 is 0 Å². The zero-order valence-electron chi connectivity index (χ0n) is 9.21. The van der Waals surface area contributed by atoms with Crippen LogP contribution < -0.4 is 10.5 Å². The Kier molecular flexibility index (Phi) is 3.79. The SMILES string of the molecule is Cc1cc(N)c(Cl)cc1Oc1cccc(I)c1. The van der Waals surface area contributed by atoms with Gasteiger partial charge in [0.25, 0.3) is 0 Å². The maximum atomic E-state index is 5.98. The molecule has 4 heteroatoms. The average molecular weight is 360 g/mol. The van der Waals surface area contributed by atoms with Gasteiger partial charge >= 0.3 is 0 Å². The van der Waals surface area contributed by atoms with Gasteiger partial charge in [0.05, 0.1) is 10.7 Å². The first kappa shape index (κ1) is 12.5. The van der Waals surface area contributed by atoms with Crippen LogP contribution in [0, 0.1) is 10.5 Å². The molecule has 0 aliphatic rings.